The van der Waals surface area contributed by atoms with E-state index < -0.39 is 11.6 Å². The smallest absolute Gasteiger partial charge is 0.195 e. The average Bonchev–Trinajstić information content (AvgIpc) is 2.61. The van der Waals surface area contributed by atoms with Gasteiger partial charge in [0.25, 0.3) is 0 Å². The van der Waals surface area contributed by atoms with E-state index >= 15 is 0 Å². The highest BCUT2D eigenvalue weighted by atomic mass is 16.1. The monoisotopic (exact) mass is 344 g/mol. The van der Waals surface area contributed by atoms with Crippen LogP contribution < -0.4 is 11.5 Å². The quantitative estimate of drug-likeness (QED) is 0.512. The molecule has 0 saturated carbocycles. The molecule has 2 aromatic carbocycles. The van der Waals surface area contributed by atoms with Crippen LogP contribution in [0.3, 0.4) is 0 Å². The lowest BCUT2D eigenvalue weighted by molar-refractivity contribution is -0.113. The van der Waals surface area contributed by atoms with E-state index in [-0.39, 0.29) is 50.6 Å². The number of hydrogen-bond donors (Lipinski definition) is 2. The molecule has 0 radical (unpaired) electrons. The molecule has 0 bridgehead atoms. The molecule has 2 aliphatic rings. The lowest BCUT2D eigenvalue weighted by atomic mass is 9.78. The second kappa shape index (κ2) is 5.35. The molecule has 0 aliphatic heterocycles. The standard InChI is InChI=1S/C20H12N2O4/c21-9-1-3-11-13(7-9)19(25)12-4-5-15(22)17(18(12)20(11)26)14-8-10(23)2-6-16(14)24/h1-8H,21-22H2. The van der Waals surface area contributed by atoms with Crippen LogP contribution in [0.15, 0.2) is 48.6 Å². The molecule has 0 fully saturated rings. The third-order valence-corrected chi connectivity index (χ3v) is 4.46. The van der Waals surface area contributed by atoms with E-state index in [2.05, 4.69) is 0 Å². The Bertz CT molecular complexity index is 1120. The van der Waals surface area contributed by atoms with Gasteiger partial charge in [0, 0.05) is 44.8 Å². The third kappa shape index (κ3) is 2.12. The number of hydrogen-bond acceptors (Lipinski definition) is 6. The van der Waals surface area contributed by atoms with Crippen molar-refractivity contribution in [2.45, 2.75) is 0 Å². The Labute approximate surface area is 147 Å². The predicted octanol–water partition coefficient (Wildman–Crippen LogP) is 1.72. The predicted molar refractivity (Wildman–Crippen MR) is 95.7 cm³/mol. The number of allylic oxidation sites excluding steroid dienone is 4. The van der Waals surface area contributed by atoms with Crippen LogP contribution in [0.5, 0.6) is 0 Å². The molecule has 4 N–H and O–H groups in total. The number of rotatable bonds is 1. The zero-order valence-corrected chi connectivity index (χ0v) is 13.4. The van der Waals surface area contributed by atoms with Crippen molar-refractivity contribution in [3.8, 4) is 0 Å². The van der Waals surface area contributed by atoms with Gasteiger partial charge in [0.1, 0.15) is 0 Å². The van der Waals surface area contributed by atoms with Gasteiger partial charge in [-0.05, 0) is 48.6 Å². The van der Waals surface area contributed by atoms with Crippen molar-refractivity contribution >= 4 is 40.1 Å². The average molecular weight is 344 g/mol. The molecule has 126 valence electrons. The van der Waals surface area contributed by atoms with E-state index in [0.29, 0.717) is 5.69 Å². The van der Waals surface area contributed by atoms with Crippen molar-refractivity contribution < 1.29 is 19.2 Å². The summed E-state index contributed by atoms with van der Waals surface area (Å²) in [5, 5.41) is 0. The summed E-state index contributed by atoms with van der Waals surface area (Å²) in [6, 6.07) is 7.35. The van der Waals surface area contributed by atoms with Gasteiger partial charge >= 0.3 is 0 Å². The molecule has 0 saturated heterocycles. The second-order valence-electron chi connectivity index (χ2n) is 6.07. The maximum absolute atomic E-state index is 13.1. The van der Waals surface area contributed by atoms with Gasteiger partial charge in [0.2, 0.25) is 0 Å². The fourth-order valence-corrected chi connectivity index (χ4v) is 3.27. The van der Waals surface area contributed by atoms with E-state index in [1.807, 2.05) is 0 Å². The summed E-state index contributed by atoms with van der Waals surface area (Å²) in [5.74, 6) is -1.66. The molecule has 0 aromatic heterocycles. The first-order chi connectivity index (χ1) is 12.4. The van der Waals surface area contributed by atoms with E-state index in [1.54, 1.807) is 0 Å². The zero-order chi connectivity index (χ0) is 18.6. The van der Waals surface area contributed by atoms with E-state index in [4.69, 9.17) is 11.5 Å². The van der Waals surface area contributed by atoms with Crippen molar-refractivity contribution in [2.24, 2.45) is 0 Å². The van der Waals surface area contributed by atoms with Gasteiger partial charge in [-0.1, -0.05) is 0 Å². The van der Waals surface area contributed by atoms with Crippen molar-refractivity contribution in [3.63, 3.8) is 0 Å². The first kappa shape index (κ1) is 15.7. The molecule has 0 heterocycles. The first-order valence-electron chi connectivity index (χ1n) is 7.78. The van der Waals surface area contributed by atoms with Crippen molar-refractivity contribution in [1.82, 2.24) is 0 Å². The van der Waals surface area contributed by atoms with Gasteiger partial charge in [-0.3, -0.25) is 19.2 Å². The Morgan fingerprint density at radius 3 is 2.19 bits per heavy atom. The largest absolute Gasteiger partial charge is 0.399 e. The second-order valence-corrected chi connectivity index (χ2v) is 6.07. The minimum Gasteiger partial charge on any atom is -0.399 e. The van der Waals surface area contributed by atoms with E-state index in [1.165, 1.54) is 30.3 Å². The number of carbonyl (C=O) groups excluding carboxylic acids is 4. The number of ketones is 4. The summed E-state index contributed by atoms with van der Waals surface area (Å²) in [5.41, 5.74) is 13.0. The van der Waals surface area contributed by atoms with Crippen LogP contribution in [0, 0.1) is 0 Å². The van der Waals surface area contributed by atoms with E-state index in [0.717, 1.165) is 18.2 Å². The summed E-state index contributed by atoms with van der Waals surface area (Å²) in [6.07, 6.45) is 3.40. The summed E-state index contributed by atoms with van der Waals surface area (Å²) < 4.78 is 0. The summed E-state index contributed by atoms with van der Waals surface area (Å²) in [7, 11) is 0. The molecule has 0 atom stereocenters. The van der Waals surface area contributed by atoms with Crippen LogP contribution >= 0.6 is 0 Å². The van der Waals surface area contributed by atoms with Gasteiger partial charge in [-0.25, -0.2) is 0 Å². The normalized spacial score (nSPS) is 15.6. The Balaban J connectivity index is 2.03. The topological polar surface area (TPSA) is 120 Å². The molecule has 26 heavy (non-hydrogen) atoms. The number of nitrogen functional groups attached to an aromatic ring is 2. The maximum atomic E-state index is 13.1. The zero-order valence-electron chi connectivity index (χ0n) is 13.4. The highest BCUT2D eigenvalue weighted by molar-refractivity contribution is 6.38. The van der Waals surface area contributed by atoms with Gasteiger partial charge in [0.05, 0.1) is 0 Å². The van der Waals surface area contributed by atoms with Gasteiger partial charge < -0.3 is 11.5 Å². The van der Waals surface area contributed by atoms with Gasteiger partial charge in [0.15, 0.2) is 23.1 Å². The Morgan fingerprint density at radius 2 is 1.42 bits per heavy atom. The lowest BCUT2D eigenvalue weighted by Gasteiger charge is -2.22. The number of benzene rings is 2. The van der Waals surface area contributed by atoms with Crippen molar-refractivity contribution in [3.05, 3.63) is 76.4 Å². The van der Waals surface area contributed by atoms with E-state index in [9.17, 15) is 19.2 Å². The molecular weight excluding hydrogens is 332 g/mol. The molecule has 0 unspecified atom stereocenters. The van der Waals surface area contributed by atoms with Crippen LogP contribution in [-0.2, 0) is 9.59 Å². The number of anilines is 2. The number of nitrogens with two attached hydrogens (primary N) is 2. The molecule has 6 heteroatoms. The number of fused-ring (bicyclic) bond motifs is 2. The lowest BCUT2D eigenvalue weighted by Crippen LogP contribution is -2.24. The van der Waals surface area contributed by atoms with Crippen molar-refractivity contribution in [2.75, 3.05) is 11.5 Å². The fraction of sp³-hybridized carbons (Fsp3) is 0. The third-order valence-electron chi connectivity index (χ3n) is 4.46. The minimum absolute atomic E-state index is 0.00638. The highest BCUT2D eigenvalue weighted by Crippen LogP contribution is 2.37. The Morgan fingerprint density at radius 1 is 0.692 bits per heavy atom. The highest BCUT2D eigenvalue weighted by Gasteiger charge is 2.34. The summed E-state index contributed by atoms with van der Waals surface area (Å²) in [6.45, 7) is 0. The molecule has 0 amide bonds. The minimum atomic E-state index is -0.451. The summed E-state index contributed by atoms with van der Waals surface area (Å²) in [4.78, 5) is 50.0. The Kier molecular flexibility index (Phi) is 3.23. The molecule has 2 aliphatic carbocycles. The summed E-state index contributed by atoms with van der Waals surface area (Å²) >= 11 is 0. The molecular formula is C20H12N2O4. The van der Waals surface area contributed by atoms with Gasteiger partial charge in [-0.2, -0.15) is 0 Å². The maximum Gasteiger partial charge on any atom is 0.195 e. The molecule has 4 rings (SSSR count). The van der Waals surface area contributed by atoms with Gasteiger partial charge in [-0.15, -0.1) is 0 Å². The van der Waals surface area contributed by atoms with Crippen LogP contribution in [0.4, 0.5) is 11.4 Å². The Hall–Kier alpha value is -3.80. The van der Waals surface area contributed by atoms with Crippen LogP contribution in [0.25, 0.3) is 5.57 Å². The molecule has 0 spiro atoms. The number of carbonyl (C=O) groups is 4. The van der Waals surface area contributed by atoms with Crippen LogP contribution in [-0.4, -0.2) is 23.1 Å². The fourth-order valence-electron chi connectivity index (χ4n) is 3.27. The molecule has 6 nitrogen and oxygen atoms in total. The SMILES string of the molecule is Nc1ccc2c(c1)C(=O)c1ccc(N)c(C3=CC(=O)C=CC3=O)c1C2=O. The first-order valence-corrected chi connectivity index (χ1v) is 7.78. The van der Waals surface area contributed by atoms with Crippen LogP contribution in [0.2, 0.25) is 0 Å². The van der Waals surface area contributed by atoms with Crippen molar-refractivity contribution in [1.29, 1.82) is 0 Å². The molecule has 2 aromatic rings. The van der Waals surface area contributed by atoms with Crippen LogP contribution in [0.1, 0.15) is 37.4 Å².